The van der Waals surface area contributed by atoms with Crippen LogP contribution in [0.15, 0.2) is 46.8 Å². The third kappa shape index (κ3) is 2.98. The maximum Gasteiger partial charge on any atom is 0.334 e. The molecule has 126 valence electrons. The van der Waals surface area contributed by atoms with E-state index < -0.39 is 22.7 Å². The second kappa shape index (κ2) is 6.53. The molecule has 0 fully saturated rings. The Labute approximate surface area is 138 Å². The number of likely N-dealkylation sites (N-methyl/N-ethyl adjacent to an activating group) is 1. The molecule has 3 N–H and O–H groups in total. The number of carboxylic acids is 1. The van der Waals surface area contributed by atoms with E-state index in [0.29, 0.717) is 17.0 Å². The summed E-state index contributed by atoms with van der Waals surface area (Å²) in [5.74, 6) is -2.38. The summed E-state index contributed by atoms with van der Waals surface area (Å²) < 4.78 is 0. The van der Waals surface area contributed by atoms with Gasteiger partial charge >= 0.3 is 5.97 Å². The third-order valence-corrected chi connectivity index (χ3v) is 3.90. The van der Waals surface area contributed by atoms with E-state index in [0.717, 1.165) is 0 Å². The van der Waals surface area contributed by atoms with Gasteiger partial charge in [0.15, 0.2) is 0 Å². The predicted octanol–water partition coefficient (Wildman–Crippen LogP) is 1.66. The Hall–Kier alpha value is -3.16. The van der Waals surface area contributed by atoms with E-state index in [9.17, 15) is 24.8 Å². The minimum Gasteiger partial charge on any atom is -0.478 e. The van der Waals surface area contributed by atoms with Crippen molar-refractivity contribution >= 4 is 17.6 Å². The number of nitrogens with one attached hydrogen (secondary N) is 2. The van der Waals surface area contributed by atoms with Crippen molar-refractivity contribution in [1.82, 2.24) is 10.6 Å². The smallest absolute Gasteiger partial charge is 0.334 e. The van der Waals surface area contributed by atoms with Gasteiger partial charge in [-0.3, -0.25) is 14.9 Å². The van der Waals surface area contributed by atoms with Crippen molar-refractivity contribution in [3.05, 3.63) is 62.5 Å². The second-order valence-corrected chi connectivity index (χ2v) is 5.37. The normalized spacial score (nSPS) is 17.4. The summed E-state index contributed by atoms with van der Waals surface area (Å²) in [6.45, 7) is 3.30. The number of carboxylic acid groups (broad SMARTS) is 1. The number of hydrogen-bond acceptors (Lipinski definition) is 5. The maximum atomic E-state index is 12.3. The summed E-state index contributed by atoms with van der Waals surface area (Å²) in [4.78, 5) is 34.3. The van der Waals surface area contributed by atoms with Crippen molar-refractivity contribution in [1.29, 1.82) is 0 Å². The van der Waals surface area contributed by atoms with Crippen LogP contribution in [0.4, 0.5) is 5.69 Å². The summed E-state index contributed by atoms with van der Waals surface area (Å²) in [6.07, 6.45) is 0. The molecule has 1 aromatic carbocycles. The molecule has 2 rings (SSSR count). The average Bonchev–Trinajstić information content (AvgIpc) is 2.53. The number of rotatable bonds is 4. The van der Waals surface area contributed by atoms with E-state index in [1.807, 2.05) is 0 Å². The van der Waals surface area contributed by atoms with E-state index in [2.05, 4.69) is 10.6 Å². The number of dihydropyridines is 1. The van der Waals surface area contributed by atoms with Crippen molar-refractivity contribution in [3.8, 4) is 0 Å². The van der Waals surface area contributed by atoms with Crippen molar-refractivity contribution < 1.29 is 19.6 Å². The molecule has 1 aliphatic rings. The van der Waals surface area contributed by atoms with Crippen LogP contribution in [0.3, 0.4) is 0 Å². The highest BCUT2D eigenvalue weighted by atomic mass is 16.6. The highest BCUT2D eigenvalue weighted by Gasteiger charge is 2.36. The zero-order chi connectivity index (χ0) is 18.0. The number of allylic oxidation sites excluding steroid dienone is 2. The zero-order valence-corrected chi connectivity index (χ0v) is 13.4. The third-order valence-electron chi connectivity index (χ3n) is 3.90. The van der Waals surface area contributed by atoms with E-state index in [1.54, 1.807) is 13.8 Å². The molecule has 0 radical (unpaired) electrons. The first kappa shape index (κ1) is 17.2. The van der Waals surface area contributed by atoms with Crippen LogP contribution in [-0.2, 0) is 9.59 Å². The van der Waals surface area contributed by atoms with Gasteiger partial charge in [0.05, 0.1) is 16.4 Å². The standard InChI is InChI=1S/C16H17N3O5/c1-8-12(15(20)17-3)14(13(16(21)22)9(2)18-8)10-4-6-11(7-5-10)19(23)24/h4-7,14,18H,1-3H3,(H,17,20)(H,21,22)/t14-/m0/s1. The Morgan fingerprint density at radius 1 is 1.17 bits per heavy atom. The van der Waals surface area contributed by atoms with Crippen LogP contribution in [-0.4, -0.2) is 29.0 Å². The molecule has 8 heteroatoms. The average molecular weight is 331 g/mol. The van der Waals surface area contributed by atoms with Gasteiger partial charge in [-0.15, -0.1) is 0 Å². The Kier molecular flexibility index (Phi) is 4.68. The molecule has 24 heavy (non-hydrogen) atoms. The van der Waals surface area contributed by atoms with Gasteiger partial charge in [-0.1, -0.05) is 12.1 Å². The van der Waals surface area contributed by atoms with Crippen LogP contribution in [0.2, 0.25) is 0 Å². The number of non-ortho nitro benzene ring substituents is 1. The van der Waals surface area contributed by atoms with Crippen LogP contribution in [0.1, 0.15) is 25.3 Å². The lowest BCUT2D eigenvalue weighted by Gasteiger charge is -2.29. The monoisotopic (exact) mass is 331 g/mol. The molecule has 1 heterocycles. The van der Waals surface area contributed by atoms with Gasteiger partial charge in [0.2, 0.25) is 5.91 Å². The van der Waals surface area contributed by atoms with Gasteiger partial charge in [-0.2, -0.15) is 0 Å². The van der Waals surface area contributed by atoms with E-state index in [1.165, 1.54) is 31.3 Å². The van der Waals surface area contributed by atoms with Crippen LogP contribution < -0.4 is 10.6 Å². The number of carbonyl (C=O) groups is 2. The van der Waals surface area contributed by atoms with E-state index in [4.69, 9.17) is 0 Å². The number of carbonyl (C=O) groups excluding carboxylic acids is 1. The molecule has 1 atom stereocenters. The number of hydrogen-bond donors (Lipinski definition) is 3. The van der Waals surface area contributed by atoms with Gasteiger partial charge < -0.3 is 15.7 Å². The lowest BCUT2D eigenvalue weighted by molar-refractivity contribution is -0.384. The molecule has 0 spiro atoms. The molecule has 0 aliphatic carbocycles. The molecule has 0 aromatic heterocycles. The largest absolute Gasteiger partial charge is 0.478 e. The Bertz CT molecular complexity index is 777. The molecule has 0 saturated carbocycles. The number of nitro benzene ring substituents is 1. The fraction of sp³-hybridized carbons (Fsp3) is 0.250. The summed E-state index contributed by atoms with van der Waals surface area (Å²) in [5, 5.41) is 25.8. The topological polar surface area (TPSA) is 122 Å². The highest BCUT2D eigenvalue weighted by molar-refractivity contribution is 6.01. The lowest BCUT2D eigenvalue weighted by atomic mass is 9.80. The van der Waals surface area contributed by atoms with E-state index in [-0.39, 0.29) is 16.8 Å². The molecule has 0 unspecified atom stereocenters. The van der Waals surface area contributed by atoms with Crippen LogP contribution in [0.25, 0.3) is 0 Å². The number of nitrogens with zero attached hydrogens (tertiary/aromatic N) is 1. The molecule has 1 aromatic rings. The number of aliphatic carboxylic acids is 1. The van der Waals surface area contributed by atoms with Crippen molar-refractivity contribution in [3.63, 3.8) is 0 Å². The minimum atomic E-state index is -1.16. The molecule has 1 aliphatic heterocycles. The molecule has 8 nitrogen and oxygen atoms in total. The summed E-state index contributed by atoms with van der Waals surface area (Å²) in [5.41, 5.74) is 1.67. The highest BCUT2D eigenvalue weighted by Crippen LogP contribution is 2.38. The second-order valence-electron chi connectivity index (χ2n) is 5.37. The van der Waals surface area contributed by atoms with Crippen molar-refractivity contribution in [2.24, 2.45) is 0 Å². The van der Waals surface area contributed by atoms with Gasteiger partial charge in [-0.05, 0) is 19.4 Å². The Morgan fingerprint density at radius 3 is 2.17 bits per heavy atom. The number of amides is 1. The fourth-order valence-electron chi connectivity index (χ4n) is 2.84. The summed E-state index contributed by atoms with van der Waals surface area (Å²) in [7, 11) is 1.46. The molecular formula is C16H17N3O5. The summed E-state index contributed by atoms with van der Waals surface area (Å²) >= 11 is 0. The first-order chi connectivity index (χ1) is 11.3. The first-order valence-electron chi connectivity index (χ1n) is 7.16. The fourth-order valence-corrected chi connectivity index (χ4v) is 2.84. The minimum absolute atomic E-state index is 0.0352. The maximum absolute atomic E-state index is 12.3. The quantitative estimate of drug-likeness (QED) is 0.570. The van der Waals surface area contributed by atoms with Gasteiger partial charge in [-0.25, -0.2) is 4.79 Å². The van der Waals surface area contributed by atoms with Gasteiger partial charge in [0.25, 0.3) is 5.69 Å². The lowest BCUT2D eigenvalue weighted by Crippen LogP contribution is -2.34. The van der Waals surface area contributed by atoms with Crippen LogP contribution >= 0.6 is 0 Å². The Morgan fingerprint density at radius 2 is 1.71 bits per heavy atom. The first-order valence-corrected chi connectivity index (χ1v) is 7.16. The van der Waals surface area contributed by atoms with Gasteiger partial charge in [0, 0.05) is 36.1 Å². The summed E-state index contributed by atoms with van der Waals surface area (Å²) in [6, 6.07) is 5.53. The number of nitro groups is 1. The number of benzene rings is 1. The Balaban J connectivity index is 2.64. The van der Waals surface area contributed by atoms with Crippen LogP contribution in [0, 0.1) is 10.1 Å². The van der Waals surface area contributed by atoms with Crippen molar-refractivity contribution in [2.75, 3.05) is 7.05 Å². The SMILES string of the molecule is CNC(=O)C1=C(C)NC(C)=C(C(=O)O)[C@H]1c1ccc([N+](=O)[O-])cc1. The van der Waals surface area contributed by atoms with Gasteiger partial charge in [0.1, 0.15) is 0 Å². The van der Waals surface area contributed by atoms with Crippen molar-refractivity contribution in [2.45, 2.75) is 19.8 Å². The predicted molar refractivity (Wildman–Crippen MR) is 86.1 cm³/mol. The van der Waals surface area contributed by atoms with E-state index >= 15 is 0 Å². The molecule has 0 saturated heterocycles. The molecule has 0 bridgehead atoms. The zero-order valence-electron chi connectivity index (χ0n) is 13.4. The molecular weight excluding hydrogens is 314 g/mol. The van der Waals surface area contributed by atoms with Crippen LogP contribution in [0.5, 0.6) is 0 Å². The molecule has 1 amide bonds.